The van der Waals surface area contributed by atoms with E-state index in [9.17, 15) is 23.3 Å². The maximum Gasteiger partial charge on any atom is 0.289 e. The average molecular weight is 452 g/mol. The first kappa shape index (κ1) is 22.6. The molecule has 0 spiro atoms. The number of hydrazone groups is 1. The molecule has 0 aliphatic rings. The molecule has 1 amide bonds. The first-order chi connectivity index (χ1) is 15.3. The maximum atomic E-state index is 13.3. The summed E-state index contributed by atoms with van der Waals surface area (Å²) in [6.07, 6.45) is 1.43. The van der Waals surface area contributed by atoms with Crippen LogP contribution in [0.1, 0.15) is 11.1 Å². The Kier molecular flexibility index (Phi) is 6.96. The summed E-state index contributed by atoms with van der Waals surface area (Å²) in [7, 11) is -4.43. The van der Waals surface area contributed by atoms with Gasteiger partial charge in [0.25, 0.3) is 21.6 Å². The molecule has 0 heterocycles. The van der Waals surface area contributed by atoms with Gasteiger partial charge in [-0.3, -0.25) is 19.2 Å². The molecule has 0 unspecified atom stereocenters. The molecule has 0 aromatic heterocycles. The minimum Gasteiger partial charge on any atom is -0.271 e. The van der Waals surface area contributed by atoms with Crippen molar-refractivity contribution in [3.8, 4) is 0 Å². The van der Waals surface area contributed by atoms with Gasteiger partial charge in [0.05, 0.1) is 16.8 Å². The molecule has 9 nitrogen and oxygen atoms in total. The zero-order valence-electron chi connectivity index (χ0n) is 17.1. The quantitative estimate of drug-likeness (QED) is 0.319. The molecule has 3 aromatic rings. The number of amides is 1. The molecule has 0 saturated heterocycles. The Morgan fingerprint density at radius 1 is 1.03 bits per heavy atom. The van der Waals surface area contributed by atoms with Gasteiger partial charge in [0.1, 0.15) is 6.54 Å². The minimum absolute atomic E-state index is 0.184. The molecule has 10 heteroatoms. The molecule has 3 aromatic carbocycles. The minimum atomic E-state index is -4.43. The van der Waals surface area contributed by atoms with Gasteiger partial charge in [-0.2, -0.15) is 5.10 Å². The van der Waals surface area contributed by atoms with E-state index in [0.29, 0.717) is 0 Å². The van der Waals surface area contributed by atoms with Crippen molar-refractivity contribution < 1.29 is 18.1 Å². The van der Waals surface area contributed by atoms with Crippen molar-refractivity contribution in [2.24, 2.45) is 5.10 Å². The van der Waals surface area contributed by atoms with Gasteiger partial charge in [0, 0.05) is 6.07 Å². The molecule has 0 fully saturated rings. The number of rotatable bonds is 8. The third kappa shape index (κ3) is 5.35. The van der Waals surface area contributed by atoms with Crippen LogP contribution in [0.4, 0.5) is 11.4 Å². The Labute approximate surface area is 185 Å². The zero-order chi connectivity index (χ0) is 23.1. The molecule has 1 N–H and O–H groups in total. The summed E-state index contributed by atoms with van der Waals surface area (Å²) in [6, 6.07) is 20.3. The van der Waals surface area contributed by atoms with E-state index in [4.69, 9.17) is 0 Å². The number of carbonyl (C=O) groups excluding carboxylic acids is 1. The highest BCUT2D eigenvalue weighted by Gasteiger charge is 2.32. The van der Waals surface area contributed by atoms with Crippen LogP contribution in [-0.2, 0) is 14.8 Å². The van der Waals surface area contributed by atoms with Crippen molar-refractivity contribution in [2.75, 3.05) is 10.8 Å². The molecular weight excluding hydrogens is 432 g/mol. The molecule has 164 valence electrons. The summed E-state index contributed by atoms with van der Waals surface area (Å²) in [5, 5.41) is 15.2. The largest absolute Gasteiger partial charge is 0.289 e. The van der Waals surface area contributed by atoms with Gasteiger partial charge < -0.3 is 0 Å². The van der Waals surface area contributed by atoms with Gasteiger partial charge in [-0.25, -0.2) is 13.8 Å². The van der Waals surface area contributed by atoms with Crippen LogP contribution in [0.25, 0.3) is 0 Å². The van der Waals surface area contributed by atoms with E-state index in [1.54, 1.807) is 18.2 Å². The first-order valence-electron chi connectivity index (χ1n) is 9.49. The van der Waals surface area contributed by atoms with Crippen LogP contribution in [0.2, 0.25) is 0 Å². The number of carbonyl (C=O) groups is 1. The lowest BCUT2D eigenvalue weighted by molar-refractivity contribution is -0.387. The topological polar surface area (TPSA) is 122 Å². The zero-order valence-corrected chi connectivity index (χ0v) is 17.9. The second-order valence-corrected chi connectivity index (χ2v) is 8.61. The molecule has 3 rings (SSSR count). The fourth-order valence-corrected chi connectivity index (χ4v) is 4.43. The van der Waals surface area contributed by atoms with Gasteiger partial charge in [-0.1, -0.05) is 60.2 Å². The second kappa shape index (κ2) is 9.84. The summed E-state index contributed by atoms with van der Waals surface area (Å²) in [4.78, 5) is 22.6. The van der Waals surface area contributed by atoms with Gasteiger partial charge in [-0.15, -0.1) is 0 Å². The van der Waals surface area contributed by atoms with Crippen LogP contribution >= 0.6 is 0 Å². The number of para-hydroxylation sites is 2. The number of benzene rings is 3. The summed E-state index contributed by atoms with van der Waals surface area (Å²) in [5.74, 6) is -0.709. The molecule has 32 heavy (non-hydrogen) atoms. The highest BCUT2D eigenvalue weighted by atomic mass is 32.2. The van der Waals surface area contributed by atoms with Crippen molar-refractivity contribution >= 4 is 33.5 Å². The van der Waals surface area contributed by atoms with Crippen molar-refractivity contribution in [2.45, 2.75) is 11.8 Å². The number of nitrogens with one attached hydrogen (secondary N) is 1. The summed E-state index contributed by atoms with van der Waals surface area (Å²) in [6.45, 7) is 1.32. The van der Waals surface area contributed by atoms with Gasteiger partial charge in [0.2, 0.25) is 0 Å². The Bertz CT molecular complexity index is 1240. The van der Waals surface area contributed by atoms with Crippen molar-refractivity contribution in [1.82, 2.24) is 5.43 Å². The predicted octanol–water partition coefficient (Wildman–Crippen LogP) is 3.25. The summed E-state index contributed by atoms with van der Waals surface area (Å²) < 4.78 is 27.5. The van der Waals surface area contributed by atoms with Crippen LogP contribution in [-0.4, -0.2) is 32.0 Å². The normalized spacial score (nSPS) is 11.3. The number of nitrogens with zero attached hydrogens (tertiary/aromatic N) is 3. The summed E-state index contributed by atoms with van der Waals surface area (Å²) in [5.41, 5.74) is 3.73. The second-order valence-electron chi connectivity index (χ2n) is 6.78. The van der Waals surface area contributed by atoms with Crippen LogP contribution in [0.5, 0.6) is 0 Å². The highest BCUT2D eigenvalue weighted by Crippen LogP contribution is 2.29. The number of anilines is 1. The van der Waals surface area contributed by atoms with E-state index >= 15 is 0 Å². The van der Waals surface area contributed by atoms with Gasteiger partial charge in [-0.05, 0) is 30.7 Å². The summed E-state index contributed by atoms with van der Waals surface area (Å²) >= 11 is 0. The monoisotopic (exact) mass is 452 g/mol. The molecule has 0 atom stereocenters. The van der Waals surface area contributed by atoms with Crippen molar-refractivity contribution in [1.29, 1.82) is 0 Å². The van der Waals surface area contributed by atoms with E-state index in [0.717, 1.165) is 27.6 Å². The fraction of sp³-hybridized carbons (Fsp3) is 0.0909. The van der Waals surface area contributed by atoms with E-state index in [-0.39, 0.29) is 5.69 Å². The van der Waals surface area contributed by atoms with E-state index in [1.165, 1.54) is 30.5 Å². The maximum absolute atomic E-state index is 13.3. The van der Waals surface area contributed by atoms with Crippen LogP contribution < -0.4 is 9.73 Å². The standard InChI is InChI=1S/C22H20N4O5S/c1-17-11-13-18(14-12-17)15-23-24-22(27)16-25(19-7-3-2-4-8-19)32(30,31)21-10-6-5-9-20(21)26(28)29/h2-15H,16H2,1H3,(H,24,27)/b23-15+. The van der Waals surface area contributed by atoms with Gasteiger partial charge in [0.15, 0.2) is 4.90 Å². The third-order valence-electron chi connectivity index (χ3n) is 4.44. The SMILES string of the molecule is Cc1ccc(/C=N/NC(=O)CN(c2ccccc2)S(=O)(=O)c2ccccc2[N+](=O)[O-])cc1. The highest BCUT2D eigenvalue weighted by molar-refractivity contribution is 7.93. The Balaban J connectivity index is 1.88. The molecular formula is C22H20N4O5S. The lowest BCUT2D eigenvalue weighted by atomic mass is 10.2. The number of hydrogen-bond donors (Lipinski definition) is 1. The number of sulfonamides is 1. The number of nitro groups is 1. The smallest absolute Gasteiger partial charge is 0.271 e. The Hall–Kier alpha value is -4.05. The van der Waals surface area contributed by atoms with Crippen molar-refractivity contribution in [3.05, 3.63) is 100 Å². The average Bonchev–Trinajstić information content (AvgIpc) is 2.79. The molecule has 0 radical (unpaired) electrons. The van der Waals surface area contributed by atoms with E-state index in [2.05, 4.69) is 10.5 Å². The van der Waals surface area contributed by atoms with Crippen LogP contribution in [0.15, 0.2) is 88.9 Å². The molecule has 0 aliphatic carbocycles. The van der Waals surface area contributed by atoms with E-state index in [1.807, 2.05) is 31.2 Å². The number of nitro benzene ring substituents is 1. The van der Waals surface area contributed by atoms with Crippen LogP contribution in [0.3, 0.4) is 0 Å². The number of aryl methyl sites for hydroxylation is 1. The van der Waals surface area contributed by atoms with Crippen molar-refractivity contribution in [3.63, 3.8) is 0 Å². The van der Waals surface area contributed by atoms with Gasteiger partial charge >= 0.3 is 0 Å². The fourth-order valence-electron chi connectivity index (χ4n) is 2.85. The molecule has 0 bridgehead atoms. The lowest BCUT2D eigenvalue weighted by Gasteiger charge is -2.23. The predicted molar refractivity (Wildman–Crippen MR) is 121 cm³/mol. The number of hydrogen-bond acceptors (Lipinski definition) is 6. The lowest BCUT2D eigenvalue weighted by Crippen LogP contribution is -2.39. The van der Waals surface area contributed by atoms with E-state index < -0.39 is 38.0 Å². The Morgan fingerprint density at radius 3 is 2.31 bits per heavy atom. The van der Waals surface area contributed by atoms with Crippen LogP contribution in [0, 0.1) is 17.0 Å². The third-order valence-corrected chi connectivity index (χ3v) is 6.26. The molecule has 0 aliphatic heterocycles. The molecule has 0 saturated carbocycles. The first-order valence-corrected chi connectivity index (χ1v) is 10.9. The Morgan fingerprint density at radius 2 is 1.66 bits per heavy atom.